The average molecular weight is 321 g/mol. The van der Waals surface area contributed by atoms with Crippen LogP contribution >= 0.6 is 23.2 Å². The Morgan fingerprint density at radius 1 is 0.900 bits per heavy atom. The van der Waals surface area contributed by atoms with Gasteiger partial charge in [-0.05, 0) is 35.4 Å². The summed E-state index contributed by atoms with van der Waals surface area (Å²) >= 11 is 11.3. The molecule has 0 saturated heterocycles. The standard InChI is InChI=1S/C14H9Cl2F3O/c15-10-4-1-8(2-5-10)13(20)9-3-6-12(16)11(7-9)14(17,18)19/h1-7,13,20H. The summed E-state index contributed by atoms with van der Waals surface area (Å²) in [5, 5.41) is 10.2. The average Bonchev–Trinajstić information content (AvgIpc) is 2.38. The minimum absolute atomic E-state index is 0.115. The molecule has 20 heavy (non-hydrogen) atoms. The molecule has 2 aromatic rings. The third-order valence-electron chi connectivity index (χ3n) is 2.80. The highest BCUT2D eigenvalue weighted by atomic mass is 35.5. The van der Waals surface area contributed by atoms with Crippen LogP contribution in [0.15, 0.2) is 42.5 Å². The van der Waals surface area contributed by atoms with Crippen molar-refractivity contribution in [2.24, 2.45) is 0 Å². The number of aliphatic hydroxyl groups is 1. The van der Waals surface area contributed by atoms with Crippen molar-refractivity contribution in [3.63, 3.8) is 0 Å². The van der Waals surface area contributed by atoms with Crippen LogP contribution in [0, 0.1) is 0 Å². The first-order valence-corrected chi connectivity index (χ1v) is 6.35. The van der Waals surface area contributed by atoms with Gasteiger partial charge >= 0.3 is 6.18 Å². The van der Waals surface area contributed by atoms with Gasteiger partial charge < -0.3 is 5.11 Å². The molecule has 1 N–H and O–H groups in total. The van der Waals surface area contributed by atoms with Crippen LogP contribution in [0.1, 0.15) is 22.8 Å². The molecule has 6 heteroatoms. The van der Waals surface area contributed by atoms with E-state index in [4.69, 9.17) is 23.2 Å². The highest BCUT2D eigenvalue weighted by Gasteiger charge is 2.33. The number of hydrogen-bond donors (Lipinski definition) is 1. The van der Waals surface area contributed by atoms with Gasteiger partial charge in [0.05, 0.1) is 10.6 Å². The monoisotopic (exact) mass is 320 g/mol. The van der Waals surface area contributed by atoms with Gasteiger partial charge in [0, 0.05) is 5.02 Å². The first-order valence-electron chi connectivity index (χ1n) is 5.59. The van der Waals surface area contributed by atoms with Crippen molar-refractivity contribution in [2.45, 2.75) is 12.3 Å². The molecule has 2 aromatic carbocycles. The van der Waals surface area contributed by atoms with Crippen LogP contribution in [0.4, 0.5) is 13.2 Å². The largest absolute Gasteiger partial charge is 0.417 e. The molecule has 0 fully saturated rings. The van der Waals surface area contributed by atoms with Crippen molar-refractivity contribution in [3.8, 4) is 0 Å². The zero-order valence-corrected chi connectivity index (χ0v) is 11.5. The molecule has 0 aliphatic heterocycles. The molecule has 1 nitrogen and oxygen atoms in total. The van der Waals surface area contributed by atoms with E-state index in [1.54, 1.807) is 24.3 Å². The van der Waals surface area contributed by atoms with E-state index < -0.39 is 22.9 Å². The normalized spacial score (nSPS) is 13.3. The van der Waals surface area contributed by atoms with Crippen molar-refractivity contribution in [3.05, 3.63) is 69.2 Å². The van der Waals surface area contributed by atoms with Gasteiger partial charge in [0.25, 0.3) is 0 Å². The van der Waals surface area contributed by atoms with Crippen LogP contribution in [0.5, 0.6) is 0 Å². The fourth-order valence-corrected chi connectivity index (χ4v) is 2.12. The van der Waals surface area contributed by atoms with Gasteiger partial charge in [0.15, 0.2) is 0 Å². The lowest BCUT2D eigenvalue weighted by Crippen LogP contribution is -2.08. The number of benzene rings is 2. The second-order valence-corrected chi connectivity index (χ2v) is 5.03. The zero-order valence-electron chi connectivity index (χ0n) is 9.96. The molecule has 1 unspecified atom stereocenters. The van der Waals surface area contributed by atoms with E-state index in [9.17, 15) is 18.3 Å². The lowest BCUT2D eigenvalue weighted by atomic mass is 9.99. The maximum Gasteiger partial charge on any atom is 0.417 e. The summed E-state index contributed by atoms with van der Waals surface area (Å²) in [5.74, 6) is 0. The summed E-state index contributed by atoms with van der Waals surface area (Å²) < 4.78 is 38.3. The highest BCUT2D eigenvalue weighted by Crippen LogP contribution is 2.37. The second-order valence-electron chi connectivity index (χ2n) is 4.19. The van der Waals surface area contributed by atoms with Crippen LogP contribution in [-0.2, 0) is 6.18 Å². The minimum Gasteiger partial charge on any atom is -0.384 e. The van der Waals surface area contributed by atoms with Crippen molar-refractivity contribution >= 4 is 23.2 Å². The first-order chi connectivity index (χ1) is 9.29. The molecule has 106 valence electrons. The van der Waals surface area contributed by atoms with E-state index in [0.717, 1.165) is 12.1 Å². The molecule has 0 bridgehead atoms. The molecule has 0 aromatic heterocycles. The van der Waals surface area contributed by atoms with E-state index >= 15 is 0 Å². The van der Waals surface area contributed by atoms with Crippen molar-refractivity contribution in [2.75, 3.05) is 0 Å². The predicted octanol–water partition coefficient (Wildman–Crippen LogP) is 5.09. The summed E-state index contributed by atoms with van der Waals surface area (Å²) in [5.41, 5.74) is -0.404. The Balaban J connectivity index is 2.40. The maximum absolute atomic E-state index is 12.8. The minimum atomic E-state index is -4.56. The zero-order chi connectivity index (χ0) is 14.9. The van der Waals surface area contributed by atoms with Gasteiger partial charge in [0.2, 0.25) is 0 Å². The number of aliphatic hydroxyl groups excluding tert-OH is 1. The quantitative estimate of drug-likeness (QED) is 0.816. The van der Waals surface area contributed by atoms with E-state index in [1.165, 1.54) is 6.07 Å². The summed E-state index contributed by atoms with van der Waals surface area (Å²) in [7, 11) is 0. The van der Waals surface area contributed by atoms with Crippen LogP contribution in [-0.4, -0.2) is 5.11 Å². The van der Waals surface area contributed by atoms with Gasteiger partial charge in [0.1, 0.15) is 6.10 Å². The summed E-state index contributed by atoms with van der Waals surface area (Å²) in [4.78, 5) is 0. The lowest BCUT2D eigenvalue weighted by Gasteiger charge is -2.15. The van der Waals surface area contributed by atoms with Gasteiger partial charge in [-0.15, -0.1) is 0 Å². The van der Waals surface area contributed by atoms with Gasteiger partial charge in [-0.1, -0.05) is 41.4 Å². The van der Waals surface area contributed by atoms with Crippen LogP contribution in [0.25, 0.3) is 0 Å². The third kappa shape index (κ3) is 3.26. The van der Waals surface area contributed by atoms with Crippen molar-refractivity contribution in [1.82, 2.24) is 0 Å². The van der Waals surface area contributed by atoms with E-state index in [1.807, 2.05) is 0 Å². The molecular formula is C14H9Cl2F3O. The molecule has 0 aliphatic rings. The number of alkyl halides is 3. The molecule has 1 atom stereocenters. The Morgan fingerprint density at radius 3 is 2.00 bits per heavy atom. The summed E-state index contributed by atoms with van der Waals surface area (Å²) in [6.45, 7) is 0. The molecule has 0 saturated carbocycles. The third-order valence-corrected chi connectivity index (χ3v) is 3.38. The maximum atomic E-state index is 12.8. The van der Waals surface area contributed by atoms with Crippen molar-refractivity contribution < 1.29 is 18.3 Å². The van der Waals surface area contributed by atoms with Crippen LogP contribution in [0.2, 0.25) is 10.0 Å². The molecule has 2 rings (SSSR count). The Bertz CT molecular complexity index is 609. The van der Waals surface area contributed by atoms with Gasteiger partial charge in [-0.2, -0.15) is 13.2 Å². The molecule has 0 aliphatic carbocycles. The van der Waals surface area contributed by atoms with Crippen LogP contribution in [0.3, 0.4) is 0 Å². The fourth-order valence-electron chi connectivity index (χ4n) is 1.77. The Labute approximate surface area is 123 Å². The number of rotatable bonds is 2. The SMILES string of the molecule is OC(c1ccc(Cl)cc1)c1ccc(Cl)c(C(F)(F)F)c1. The van der Waals surface area contributed by atoms with Crippen molar-refractivity contribution in [1.29, 1.82) is 0 Å². The number of halogens is 5. The molecule has 0 amide bonds. The van der Waals surface area contributed by atoms with E-state index in [-0.39, 0.29) is 5.56 Å². The molecule has 0 radical (unpaired) electrons. The molecule has 0 heterocycles. The van der Waals surface area contributed by atoms with E-state index in [2.05, 4.69) is 0 Å². The van der Waals surface area contributed by atoms with Crippen LogP contribution < -0.4 is 0 Å². The van der Waals surface area contributed by atoms with E-state index in [0.29, 0.717) is 10.6 Å². The predicted molar refractivity (Wildman–Crippen MR) is 72.0 cm³/mol. The smallest absolute Gasteiger partial charge is 0.384 e. The lowest BCUT2D eigenvalue weighted by molar-refractivity contribution is -0.137. The fraction of sp³-hybridized carbons (Fsp3) is 0.143. The number of hydrogen-bond acceptors (Lipinski definition) is 1. The Kier molecular flexibility index (Phi) is 4.28. The highest BCUT2D eigenvalue weighted by molar-refractivity contribution is 6.31. The summed E-state index contributed by atoms with van der Waals surface area (Å²) in [6.07, 6.45) is -5.74. The topological polar surface area (TPSA) is 20.2 Å². The first kappa shape index (κ1) is 15.2. The molecule has 0 spiro atoms. The summed E-state index contributed by atoms with van der Waals surface area (Å²) in [6, 6.07) is 9.54. The molecular weight excluding hydrogens is 312 g/mol. The Morgan fingerprint density at radius 2 is 1.45 bits per heavy atom. The van der Waals surface area contributed by atoms with Gasteiger partial charge in [-0.25, -0.2) is 0 Å². The Hall–Kier alpha value is -1.23. The van der Waals surface area contributed by atoms with Gasteiger partial charge in [-0.3, -0.25) is 0 Å². The second kappa shape index (κ2) is 5.64.